The van der Waals surface area contributed by atoms with Crippen LogP contribution in [0, 0.1) is 5.82 Å². The molecule has 0 amide bonds. The van der Waals surface area contributed by atoms with Crippen molar-refractivity contribution in [3.8, 4) is 5.75 Å². The molecule has 2 aromatic rings. The minimum absolute atomic E-state index is 0.127. The first kappa shape index (κ1) is 17.6. The van der Waals surface area contributed by atoms with E-state index in [4.69, 9.17) is 0 Å². The molecule has 2 fully saturated rings. The first-order valence-corrected chi connectivity index (χ1v) is 9.43. The summed E-state index contributed by atoms with van der Waals surface area (Å²) in [4.78, 5) is 8.85. The molecular weight excluding hydrogens is 343 g/mol. The molecule has 2 aliphatic rings. The Hall–Kier alpha value is -2.76. The normalized spacial score (nSPS) is 22.7. The molecule has 1 aliphatic carbocycles. The molecule has 142 valence electrons. The van der Waals surface area contributed by atoms with Crippen molar-refractivity contribution in [2.45, 2.75) is 18.4 Å². The second-order valence-electron chi connectivity index (χ2n) is 7.12. The van der Waals surface area contributed by atoms with Crippen LogP contribution in [0.2, 0.25) is 0 Å². The third-order valence-electron chi connectivity index (χ3n) is 5.42. The van der Waals surface area contributed by atoms with Gasteiger partial charge in [0.25, 0.3) is 0 Å². The maximum atomic E-state index is 14.0. The number of hydrogen-bond acceptors (Lipinski definition) is 3. The number of anilines is 1. The molecule has 0 bridgehead atoms. The fraction of sp³-hybridized carbons (Fsp3) is 0.381. The molecule has 27 heavy (non-hydrogen) atoms. The van der Waals surface area contributed by atoms with Crippen LogP contribution >= 0.6 is 0 Å². The van der Waals surface area contributed by atoms with Crippen LogP contribution in [0.4, 0.5) is 10.1 Å². The summed E-state index contributed by atoms with van der Waals surface area (Å²) in [6.45, 7) is 3.29. The van der Waals surface area contributed by atoms with Gasteiger partial charge in [0.15, 0.2) is 5.96 Å². The number of rotatable bonds is 3. The number of aliphatic imine (C=N–C) groups is 1. The van der Waals surface area contributed by atoms with Crippen LogP contribution in [0.3, 0.4) is 0 Å². The summed E-state index contributed by atoms with van der Waals surface area (Å²) in [7, 11) is 1.79. The number of phenols is 1. The monoisotopic (exact) mass is 368 g/mol. The smallest absolute Gasteiger partial charge is 0.194 e. The molecule has 2 unspecified atom stereocenters. The number of hydrogen-bond donors (Lipinski definition) is 2. The Balaban J connectivity index is 1.34. The van der Waals surface area contributed by atoms with Crippen molar-refractivity contribution >= 4 is 11.6 Å². The Morgan fingerprint density at radius 1 is 1.07 bits per heavy atom. The largest absolute Gasteiger partial charge is 0.506 e. The molecule has 1 aliphatic heterocycles. The van der Waals surface area contributed by atoms with Crippen molar-refractivity contribution in [2.24, 2.45) is 4.99 Å². The van der Waals surface area contributed by atoms with Gasteiger partial charge in [-0.15, -0.1) is 0 Å². The lowest BCUT2D eigenvalue weighted by Gasteiger charge is -2.38. The number of nitrogens with one attached hydrogen (secondary N) is 1. The number of piperazine rings is 1. The van der Waals surface area contributed by atoms with Crippen molar-refractivity contribution in [1.82, 2.24) is 10.2 Å². The zero-order valence-corrected chi connectivity index (χ0v) is 15.5. The van der Waals surface area contributed by atoms with E-state index in [2.05, 4.69) is 20.1 Å². The summed E-state index contributed by atoms with van der Waals surface area (Å²) >= 11 is 0. The van der Waals surface area contributed by atoms with Gasteiger partial charge < -0.3 is 20.2 Å². The van der Waals surface area contributed by atoms with E-state index >= 15 is 0 Å². The molecule has 1 saturated heterocycles. The third-order valence-corrected chi connectivity index (χ3v) is 5.42. The van der Waals surface area contributed by atoms with Gasteiger partial charge in [0.2, 0.25) is 0 Å². The van der Waals surface area contributed by atoms with Gasteiger partial charge in [-0.2, -0.15) is 0 Å². The number of aromatic hydroxyl groups is 1. The van der Waals surface area contributed by atoms with Crippen molar-refractivity contribution in [1.29, 1.82) is 0 Å². The van der Waals surface area contributed by atoms with Crippen LogP contribution in [0.15, 0.2) is 53.5 Å². The van der Waals surface area contributed by atoms with Crippen LogP contribution in [-0.4, -0.2) is 55.2 Å². The quantitative estimate of drug-likeness (QED) is 0.646. The highest BCUT2D eigenvalue weighted by atomic mass is 19.1. The average Bonchev–Trinajstić information content (AvgIpc) is 3.46. The molecule has 6 heteroatoms. The Labute approximate surface area is 159 Å². The highest BCUT2D eigenvalue weighted by molar-refractivity contribution is 5.81. The molecule has 4 rings (SSSR count). The van der Waals surface area contributed by atoms with Gasteiger partial charge >= 0.3 is 0 Å². The lowest BCUT2D eigenvalue weighted by atomic mass is 10.1. The zero-order chi connectivity index (χ0) is 18.8. The number of nitrogens with zero attached hydrogens (tertiary/aromatic N) is 3. The minimum atomic E-state index is -0.127. The van der Waals surface area contributed by atoms with E-state index in [9.17, 15) is 9.50 Å². The van der Waals surface area contributed by atoms with Gasteiger partial charge in [-0.1, -0.05) is 30.3 Å². The maximum absolute atomic E-state index is 14.0. The first-order chi connectivity index (χ1) is 13.2. The Morgan fingerprint density at radius 2 is 1.78 bits per heavy atom. The molecule has 0 spiro atoms. The maximum Gasteiger partial charge on any atom is 0.194 e. The fourth-order valence-corrected chi connectivity index (χ4v) is 3.83. The SMILES string of the molecule is CN=C(NC1CC1c1ccccc1F)N1CCN(c2ccccc2O)CC1. The van der Waals surface area contributed by atoms with Crippen LogP contribution in [-0.2, 0) is 0 Å². The summed E-state index contributed by atoms with van der Waals surface area (Å²) < 4.78 is 14.0. The fourth-order valence-electron chi connectivity index (χ4n) is 3.83. The minimum Gasteiger partial charge on any atom is -0.506 e. The summed E-state index contributed by atoms with van der Waals surface area (Å²) in [6.07, 6.45) is 0.928. The number of halogens is 1. The van der Waals surface area contributed by atoms with Gasteiger partial charge in [-0.05, 0) is 30.2 Å². The predicted octanol–water partition coefficient (Wildman–Crippen LogP) is 2.78. The Kier molecular flexibility index (Phi) is 4.88. The standard InChI is InChI=1S/C21H25FN4O/c1-23-21(24-18-14-16(18)15-6-2-3-7-17(15)22)26-12-10-25(11-13-26)19-8-4-5-9-20(19)27/h2-9,16,18,27H,10-14H2,1H3,(H,23,24). The average molecular weight is 368 g/mol. The van der Waals surface area contributed by atoms with E-state index in [1.807, 2.05) is 30.3 Å². The molecule has 1 saturated carbocycles. The number of guanidine groups is 1. The number of benzene rings is 2. The van der Waals surface area contributed by atoms with E-state index in [-0.39, 0.29) is 17.8 Å². The van der Waals surface area contributed by atoms with E-state index in [1.54, 1.807) is 19.2 Å². The molecule has 0 radical (unpaired) electrons. The lowest BCUT2D eigenvalue weighted by molar-refractivity contribution is 0.369. The highest BCUT2D eigenvalue weighted by Gasteiger charge is 2.41. The molecule has 2 atom stereocenters. The third kappa shape index (κ3) is 3.70. The highest BCUT2D eigenvalue weighted by Crippen LogP contribution is 2.42. The number of para-hydroxylation sites is 2. The molecule has 2 N–H and O–H groups in total. The predicted molar refractivity (Wildman–Crippen MR) is 106 cm³/mol. The van der Waals surface area contributed by atoms with Gasteiger partial charge in [0.1, 0.15) is 11.6 Å². The second kappa shape index (κ2) is 7.47. The zero-order valence-electron chi connectivity index (χ0n) is 15.5. The van der Waals surface area contributed by atoms with Crippen LogP contribution in [0.5, 0.6) is 5.75 Å². The van der Waals surface area contributed by atoms with Gasteiger partial charge in [-0.25, -0.2) is 4.39 Å². The van der Waals surface area contributed by atoms with Gasteiger partial charge in [-0.3, -0.25) is 4.99 Å². The molecule has 1 heterocycles. The first-order valence-electron chi connectivity index (χ1n) is 9.43. The van der Waals surface area contributed by atoms with Crippen molar-refractivity contribution in [3.05, 3.63) is 59.9 Å². The summed E-state index contributed by atoms with van der Waals surface area (Å²) in [6, 6.07) is 14.7. The lowest BCUT2D eigenvalue weighted by Crippen LogP contribution is -2.53. The van der Waals surface area contributed by atoms with Crippen LogP contribution in [0.1, 0.15) is 17.9 Å². The molecular formula is C21H25FN4O. The molecule has 5 nitrogen and oxygen atoms in total. The summed E-state index contributed by atoms with van der Waals surface area (Å²) in [5.41, 5.74) is 1.66. The molecule has 0 aromatic heterocycles. The summed E-state index contributed by atoms with van der Waals surface area (Å²) in [5.74, 6) is 1.28. The van der Waals surface area contributed by atoms with E-state index in [0.717, 1.165) is 49.8 Å². The Morgan fingerprint density at radius 3 is 2.48 bits per heavy atom. The van der Waals surface area contributed by atoms with Gasteiger partial charge in [0.05, 0.1) is 5.69 Å². The van der Waals surface area contributed by atoms with Gasteiger partial charge in [0, 0.05) is 45.2 Å². The van der Waals surface area contributed by atoms with Crippen molar-refractivity contribution in [2.75, 3.05) is 38.1 Å². The summed E-state index contributed by atoms with van der Waals surface area (Å²) in [5, 5.41) is 13.5. The Bertz CT molecular complexity index is 832. The van der Waals surface area contributed by atoms with Crippen LogP contribution in [0.25, 0.3) is 0 Å². The van der Waals surface area contributed by atoms with E-state index in [1.165, 1.54) is 6.07 Å². The second-order valence-corrected chi connectivity index (χ2v) is 7.12. The van der Waals surface area contributed by atoms with Crippen molar-refractivity contribution in [3.63, 3.8) is 0 Å². The van der Waals surface area contributed by atoms with Crippen LogP contribution < -0.4 is 10.2 Å². The van der Waals surface area contributed by atoms with Crippen molar-refractivity contribution < 1.29 is 9.50 Å². The molecule has 2 aromatic carbocycles. The number of phenolic OH excluding ortho intramolecular Hbond substituents is 1. The van der Waals surface area contributed by atoms with E-state index in [0.29, 0.717) is 5.75 Å². The van der Waals surface area contributed by atoms with E-state index < -0.39 is 0 Å². The topological polar surface area (TPSA) is 51.1 Å².